The minimum atomic E-state index is -4.31. The summed E-state index contributed by atoms with van der Waals surface area (Å²) in [5, 5.41) is 14.0. The third kappa shape index (κ3) is 41.2. The highest BCUT2D eigenvalue weighted by molar-refractivity contribution is 7.47. The first kappa shape index (κ1) is 54.2. The molecule has 3 unspecified atom stereocenters. The molecule has 0 aliphatic rings. The fourth-order valence-electron chi connectivity index (χ4n) is 6.98. The number of hydrogen-bond acceptors (Lipinski definition) is 5. The highest BCUT2D eigenvalue weighted by atomic mass is 31.2. The first-order valence-electron chi connectivity index (χ1n) is 23.6. The van der Waals surface area contributed by atoms with Crippen LogP contribution in [0.5, 0.6) is 0 Å². The number of carbonyl (C=O) groups is 1. The predicted octanol–water partition coefficient (Wildman–Crippen LogP) is 13.1. The maximum atomic E-state index is 12.9. The van der Waals surface area contributed by atoms with Gasteiger partial charge in [-0.15, -0.1) is 0 Å². The van der Waals surface area contributed by atoms with Gasteiger partial charge in [-0.25, -0.2) is 4.57 Å². The van der Waals surface area contributed by atoms with E-state index < -0.39 is 20.0 Å². The molecular weight excluding hydrogens is 707 g/mol. The molecule has 0 fully saturated rings. The second-order valence-electron chi connectivity index (χ2n) is 17.5. The number of aliphatic hydroxyl groups excluding tert-OH is 1. The normalized spacial score (nSPS) is 14.4. The molecular formula is C46H94N2O6P+. The van der Waals surface area contributed by atoms with E-state index in [-0.39, 0.29) is 19.1 Å². The number of nitrogens with zero attached hydrogens (tertiary/aromatic N) is 1. The van der Waals surface area contributed by atoms with Crippen molar-refractivity contribution in [2.45, 2.75) is 238 Å². The third-order valence-electron chi connectivity index (χ3n) is 10.8. The van der Waals surface area contributed by atoms with Gasteiger partial charge in [0.2, 0.25) is 5.91 Å². The molecule has 0 aromatic heterocycles. The molecule has 0 aromatic rings. The molecule has 3 N–H and O–H groups in total. The standard InChI is InChI=1S/C46H93N2O6P/c1-6-8-10-12-14-16-18-20-22-23-24-25-26-28-30-32-34-36-38-40-46(50)47-44(43-54-55(51,52)53-42-41-48(3,4)5)45(49)39-37-35-33-31-29-27-21-19-17-15-13-11-9-7-2/h20,22,44-45,49H,6-19,21,23-43H2,1-5H3,(H-,47,50,51,52)/p+1/b22-20-. The molecule has 0 rings (SSSR count). The summed E-state index contributed by atoms with van der Waals surface area (Å²) < 4.78 is 23.6. The Labute approximate surface area is 342 Å². The van der Waals surface area contributed by atoms with Gasteiger partial charge in [0.15, 0.2) is 0 Å². The zero-order valence-corrected chi connectivity index (χ0v) is 38.1. The van der Waals surface area contributed by atoms with E-state index in [1.54, 1.807) is 0 Å². The fourth-order valence-corrected chi connectivity index (χ4v) is 7.72. The second-order valence-corrected chi connectivity index (χ2v) is 18.9. The molecule has 0 aliphatic heterocycles. The topological polar surface area (TPSA) is 105 Å². The van der Waals surface area contributed by atoms with Crippen LogP contribution in [0.1, 0.15) is 226 Å². The fraction of sp³-hybridized carbons (Fsp3) is 0.935. The second kappa shape index (κ2) is 38.7. The van der Waals surface area contributed by atoms with E-state index >= 15 is 0 Å². The quantitative estimate of drug-likeness (QED) is 0.0245. The van der Waals surface area contributed by atoms with Gasteiger partial charge in [-0.3, -0.25) is 13.8 Å². The van der Waals surface area contributed by atoms with Gasteiger partial charge in [0.05, 0.1) is 39.9 Å². The minimum absolute atomic E-state index is 0.0763. The number of likely N-dealkylation sites (N-methyl/N-ethyl adjacent to an activating group) is 1. The van der Waals surface area contributed by atoms with Crippen LogP contribution < -0.4 is 5.32 Å². The summed E-state index contributed by atoms with van der Waals surface area (Å²) in [7, 11) is 1.62. The highest BCUT2D eigenvalue weighted by Crippen LogP contribution is 2.43. The van der Waals surface area contributed by atoms with Gasteiger partial charge in [0.1, 0.15) is 13.2 Å². The molecule has 0 spiro atoms. The first-order valence-corrected chi connectivity index (χ1v) is 25.0. The van der Waals surface area contributed by atoms with Crippen LogP contribution in [0, 0.1) is 0 Å². The Morgan fingerprint density at radius 2 is 0.982 bits per heavy atom. The Bertz CT molecular complexity index is 911. The lowest BCUT2D eigenvalue weighted by molar-refractivity contribution is -0.870. The van der Waals surface area contributed by atoms with Crippen molar-refractivity contribution in [2.75, 3.05) is 40.9 Å². The average Bonchev–Trinajstić information content (AvgIpc) is 3.13. The van der Waals surface area contributed by atoms with Crippen LogP contribution >= 0.6 is 7.82 Å². The van der Waals surface area contributed by atoms with E-state index in [1.807, 2.05) is 21.1 Å². The summed E-state index contributed by atoms with van der Waals surface area (Å²) in [5.41, 5.74) is 0. The molecule has 328 valence electrons. The molecule has 0 radical (unpaired) electrons. The Morgan fingerprint density at radius 1 is 0.600 bits per heavy atom. The van der Waals surface area contributed by atoms with E-state index in [2.05, 4.69) is 31.3 Å². The number of hydrogen-bond donors (Lipinski definition) is 3. The van der Waals surface area contributed by atoms with Gasteiger partial charge in [-0.05, 0) is 38.5 Å². The number of allylic oxidation sites excluding steroid dienone is 2. The Balaban J connectivity index is 4.29. The van der Waals surface area contributed by atoms with Gasteiger partial charge in [-0.2, -0.15) is 0 Å². The molecule has 1 amide bonds. The van der Waals surface area contributed by atoms with Gasteiger partial charge in [0, 0.05) is 6.42 Å². The van der Waals surface area contributed by atoms with Crippen LogP contribution in [0.4, 0.5) is 0 Å². The van der Waals surface area contributed by atoms with Crippen molar-refractivity contribution in [1.29, 1.82) is 0 Å². The van der Waals surface area contributed by atoms with Gasteiger partial charge >= 0.3 is 7.82 Å². The molecule has 0 bridgehead atoms. The van der Waals surface area contributed by atoms with Crippen LogP contribution in [0.15, 0.2) is 12.2 Å². The lowest BCUT2D eigenvalue weighted by atomic mass is 10.0. The van der Waals surface area contributed by atoms with Crippen LogP contribution in [0.2, 0.25) is 0 Å². The molecule has 0 aliphatic carbocycles. The van der Waals surface area contributed by atoms with Crippen LogP contribution in [0.25, 0.3) is 0 Å². The summed E-state index contributed by atoms with van der Waals surface area (Å²) in [6.07, 6.45) is 43.7. The maximum Gasteiger partial charge on any atom is 0.472 e. The van der Waals surface area contributed by atoms with E-state index in [9.17, 15) is 19.4 Å². The van der Waals surface area contributed by atoms with Crippen LogP contribution in [0.3, 0.4) is 0 Å². The maximum absolute atomic E-state index is 12.9. The largest absolute Gasteiger partial charge is 0.472 e. The van der Waals surface area contributed by atoms with Gasteiger partial charge in [0.25, 0.3) is 0 Å². The average molecular weight is 802 g/mol. The molecule has 9 heteroatoms. The zero-order chi connectivity index (χ0) is 40.7. The molecule has 55 heavy (non-hydrogen) atoms. The van der Waals surface area contributed by atoms with E-state index in [0.29, 0.717) is 23.9 Å². The monoisotopic (exact) mass is 802 g/mol. The van der Waals surface area contributed by atoms with Crippen molar-refractivity contribution in [3.8, 4) is 0 Å². The van der Waals surface area contributed by atoms with E-state index in [4.69, 9.17) is 9.05 Å². The van der Waals surface area contributed by atoms with Crippen molar-refractivity contribution in [1.82, 2.24) is 5.32 Å². The lowest BCUT2D eigenvalue weighted by Gasteiger charge is -2.26. The molecule has 0 saturated heterocycles. The number of nitrogens with one attached hydrogen (secondary N) is 1. The van der Waals surface area contributed by atoms with Crippen molar-refractivity contribution < 1.29 is 32.9 Å². The summed E-state index contributed by atoms with van der Waals surface area (Å²) in [5.74, 6) is -0.145. The molecule has 3 atom stereocenters. The van der Waals surface area contributed by atoms with Crippen molar-refractivity contribution >= 4 is 13.7 Å². The van der Waals surface area contributed by atoms with Crippen molar-refractivity contribution in [3.63, 3.8) is 0 Å². The van der Waals surface area contributed by atoms with Crippen molar-refractivity contribution in [2.24, 2.45) is 0 Å². The summed E-state index contributed by atoms with van der Waals surface area (Å²) in [6, 6.07) is -0.757. The predicted molar refractivity (Wildman–Crippen MR) is 235 cm³/mol. The Hall–Kier alpha value is -0.760. The molecule has 0 saturated carbocycles. The van der Waals surface area contributed by atoms with Crippen molar-refractivity contribution in [3.05, 3.63) is 12.2 Å². The molecule has 0 heterocycles. The van der Waals surface area contributed by atoms with Gasteiger partial charge < -0.3 is 19.8 Å². The lowest BCUT2D eigenvalue weighted by Crippen LogP contribution is -2.46. The first-order chi connectivity index (χ1) is 26.5. The third-order valence-corrected chi connectivity index (χ3v) is 11.7. The zero-order valence-electron chi connectivity index (χ0n) is 37.2. The number of phosphoric ester groups is 1. The molecule has 8 nitrogen and oxygen atoms in total. The summed E-state index contributed by atoms with van der Waals surface area (Å²) in [6.45, 7) is 4.90. The minimum Gasteiger partial charge on any atom is -0.391 e. The number of rotatable bonds is 43. The Kier molecular flexibility index (Phi) is 38.2. The number of aliphatic hydroxyl groups is 1. The van der Waals surface area contributed by atoms with Gasteiger partial charge in [-0.1, -0.05) is 193 Å². The molecule has 0 aromatic carbocycles. The van der Waals surface area contributed by atoms with Crippen LogP contribution in [-0.2, 0) is 18.4 Å². The SMILES string of the molecule is CCCCCCCC/C=C\CCCCCCCCCCCC(=O)NC(COP(=O)(O)OCC[N+](C)(C)C)C(O)CCCCCCCCCCCCCCCC. The van der Waals surface area contributed by atoms with E-state index in [0.717, 1.165) is 38.5 Å². The number of amides is 1. The number of phosphoric acid groups is 1. The summed E-state index contributed by atoms with van der Waals surface area (Å²) in [4.78, 5) is 23.2. The van der Waals surface area contributed by atoms with Crippen LogP contribution in [-0.4, -0.2) is 73.4 Å². The Morgan fingerprint density at radius 3 is 1.40 bits per heavy atom. The number of quaternary nitrogens is 1. The number of unbranched alkanes of at least 4 members (excludes halogenated alkanes) is 28. The highest BCUT2D eigenvalue weighted by Gasteiger charge is 2.28. The smallest absolute Gasteiger partial charge is 0.391 e. The number of carbonyl (C=O) groups excluding carboxylic acids is 1. The van der Waals surface area contributed by atoms with E-state index in [1.165, 1.54) is 161 Å². The summed E-state index contributed by atoms with van der Waals surface area (Å²) >= 11 is 0.